The van der Waals surface area contributed by atoms with E-state index in [0.29, 0.717) is 11.5 Å². The number of esters is 1. The van der Waals surface area contributed by atoms with Gasteiger partial charge in [-0.3, -0.25) is 4.79 Å². The maximum atomic E-state index is 11.0. The minimum atomic E-state index is -0.408. The fourth-order valence-corrected chi connectivity index (χ4v) is 1.57. The van der Waals surface area contributed by atoms with Crippen molar-refractivity contribution in [2.45, 2.75) is 32.7 Å². The molecule has 0 aromatic carbocycles. The van der Waals surface area contributed by atoms with Crippen molar-refractivity contribution in [3.8, 4) is 0 Å². The molecule has 1 amide bonds. The number of methoxy groups -OCH3 is 1. The summed E-state index contributed by atoms with van der Waals surface area (Å²) in [5, 5.41) is 5.76. The lowest BCUT2D eigenvalue weighted by Crippen LogP contribution is -2.44. The van der Waals surface area contributed by atoms with Gasteiger partial charge in [-0.05, 0) is 6.42 Å². The number of amides is 1. The third-order valence-corrected chi connectivity index (χ3v) is 2.55. The molecule has 0 aromatic heterocycles. The van der Waals surface area contributed by atoms with Crippen molar-refractivity contribution < 1.29 is 14.3 Å². The largest absolute Gasteiger partial charge is 0.466 e. The van der Waals surface area contributed by atoms with Crippen LogP contribution in [0.3, 0.4) is 0 Å². The molecule has 0 unspecified atom stereocenters. The first-order chi connectivity index (χ1) is 8.51. The van der Waals surface area contributed by atoms with Crippen LogP contribution in [0.1, 0.15) is 26.7 Å². The molecule has 0 rings (SSSR count). The van der Waals surface area contributed by atoms with Crippen LogP contribution in [0.5, 0.6) is 0 Å². The molecule has 5 nitrogen and oxygen atoms in total. The smallest absolute Gasteiger partial charge is 0.330 e. The molecule has 0 radical (unpaired) electrons. The van der Waals surface area contributed by atoms with E-state index in [9.17, 15) is 9.59 Å². The predicted octanol–water partition coefficient (Wildman–Crippen LogP) is 0.937. The highest BCUT2D eigenvalue weighted by Gasteiger charge is 2.13. The van der Waals surface area contributed by atoms with Crippen LogP contribution in [0.4, 0.5) is 0 Å². The van der Waals surface area contributed by atoms with E-state index in [1.165, 1.54) is 20.1 Å². The van der Waals surface area contributed by atoms with Gasteiger partial charge in [0.2, 0.25) is 5.91 Å². The Morgan fingerprint density at radius 1 is 1.44 bits per heavy atom. The summed E-state index contributed by atoms with van der Waals surface area (Å²) in [5.41, 5.74) is 0. The molecule has 18 heavy (non-hydrogen) atoms. The van der Waals surface area contributed by atoms with Gasteiger partial charge in [-0.2, -0.15) is 0 Å². The number of ether oxygens (including phenoxy) is 1. The Labute approximate surface area is 113 Å². The summed E-state index contributed by atoms with van der Waals surface area (Å²) >= 11 is 5.19. The molecule has 0 saturated carbocycles. The van der Waals surface area contributed by atoms with Crippen LogP contribution in [0.15, 0.2) is 12.2 Å². The number of thiocarbonyl (C=S) groups is 1. The summed E-state index contributed by atoms with van der Waals surface area (Å²) in [5.74, 6) is -0.516. The lowest BCUT2D eigenvalue weighted by Gasteiger charge is -2.18. The summed E-state index contributed by atoms with van der Waals surface area (Å²) in [6, 6.07) is -0.158. The molecule has 0 spiro atoms. The normalized spacial score (nSPS) is 11.9. The Morgan fingerprint density at radius 3 is 2.61 bits per heavy atom. The van der Waals surface area contributed by atoms with Crippen molar-refractivity contribution in [1.82, 2.24) is 10.6 Å². The molecule has 0 aliphatic carbocycles. The van der Waals surface area contributed by atoms with Gasteiger partial charge in [-0.15, -0.1) is 0 Å². The lowest BCUT2D eigenvalue weighted by molar-refractivity contribution is -0.134. The zero-order valence-electron chi connectivity index (χ0n) is 11.0. The Kier molecular flexibility index (Phi) is 8.82. The van der Waals surface area contributed by atoms with Gasteiger partial charge in [0.25, 0.3) is 0 Å². The molecular formula is C12H20N2O3S. The van der Waals surface area contributed by atoms with Gasteiger partial charge in [-0.1, -0.05) is 31.6 Å². The van der Waals surface area contributed by atoms with E-state index in [4.69, 9.17) is 12.2 Å². The SMILES string of the molecule is CCC[C@H](NC(C)=O)C(=S)NC/C=C/C(=O)OC. The minimum absolute atomic E-state index is 0.109. The van der Waals surface area contributed by atoms with E-state index in [2.05, 4.69) is 15.4 Å². The maximum Gasteiger partial charge on any atom is 0.330 e. The van der Waals surface area contributed by atoms with Crippen molar-refractivity contribution in [3.63, 3.8) is 0 Å². The average molecular weight is 272 g/mol. The third kappa shape index (κ3) is 7.78. The van der Waals surface area contributed by atoms with Gasteiger partial charge in [0.15, 0.2) is 0 Å². The number of hydrogen-bond donors (Lipinski definition) is 2. The monoisotopic (exact) mass is 272 g/mol. The van der Waals surface area contributed by atoms with Gasteiger partial charge in [0.1, 0.15) is 0 Å². The van der Waals surface area contributed by atoms with Crippen molar-refractivity contribution >= 4 is 29.1 Å². The Hall–Kier alpha value is -1.43. The molecule has 102 valence electrons. The molecule has 0 bridgehead atoms. The maximum absolute atomic E-state index is 11.0. The number of carbonyl (C=O) groups is 2. The molecule has 6 heteroatoms. The molecule has 0 aromatic rings. The van der Waals surface area contributed by atoms with E-state index in [-0.39, 0.29) is 11.9 Å². The lowest BCUT2D eigenvalue weighted by atomic mass is 10.1. The minimum Gasteiger partial charge on any atom is -0.466 e. The fourth-order valence-electron chi connectivity index (χ4n) is 1.31. The van der Waals surface area contributed by atoms with Crippen LogP contribution < -0.4 is 10.6 Å². The van der Waals surface area contributed by atoms with Crippen LogP contribution in [0.25, 0.3) is 0 Å². The van der Waals surface area contributed by atoms with Crippen molar-refractivity contribution in [3.05, 3.63) is 12.2 Å². The van der Waals surface area contributed by atoms with Crippen LogP contribution in [-0.2, 0) is 14.3 Å². The van der Waals surface area contributed by atoms with Gasteiger partial charge in [0, 0.05) is 19.5 Å². The first kappa shape index (κ1) is 16.6. The second-order valence-electron chi connectivity index (χ2n) is 3.71. The Morgan fingerprint density at radius 2 is 2.11 bits per heavy atom. The Balaban J connectivity index is 4.13. The molecule has 0 aliphatic heterocycles. The van der Waals surface area contributed by atoms with Crippen LogP contribution in [0.2, 0.25) is 0 Å². The summed E-state index contributed by atoms with van der Waals surface area (Å²) in [4.78, 5) is 22.4. The van der Waals surface area contributed by atoms with E-state index >= 15 is 0 Å². The van der Waals surface area contributed by atoms with Crippen molar-refractivity contribution in [2.24, 2.45) is 0 Å². The van der Waals surface area contributed by atoms with Crippen LogP contribution in [0, 0.1) is 0 Å². The molecule has 0 fully saturated rings. The predicted molar refractivity (Wildman–Crippen MR) is 74.3 cm³/mol. The second kappa shape index (κ2) is 9.58. The number of nitrogens with one attached hydrogen (secondary N) is 2. The number of carbonyl (C=O) groups excluding carboxylic acids is 2. The summed E-state index contributed by atoms with van der Waals surface area (Å²) in [7, 11) is 1.32. The highest BCUT2D eigenvalue weighted by atomic mass is 32.1. The zero-order valence-corrected chi connectivity index (χ0v) is 11.8. The quantitative estimate of drug-likeness (QED) is 0.410. The topological polar surface area (TPSA) is 67.4 Å². The van der Waals surface area contributed by atoms with E-state index < -0.39 is 5.97 Å². The van der Waals surface area contributed by atoms with Crippen molar-refractivity contribution in [2.75, 3.05) is 13.7 Å². The second-order valence-corrected chi connectivity index (χ2v) is 4.15. The first-order valence-electron chi connectivity index (χ1n) is 5.80. The molecular weight excluding hydrogens is 252 g/mol. The molecule has 0 saturated heterocycles. The van der Waals surface area contributed by atoms with Gasteiger partial charge >= 0.3 is 5.97 Å². The summed E-state index contributed by atoms with van der Waals surface area (Å²) in [6.07, 6.45) is 4.65. The summed E-state index contributed by atoms with van der Waals surface area (Å²) in [6.45, 7) is 3.91. The number of rotatable bonds is 7. The first-order valence-corrected chi connectivity index (χ1v) is 6.21. The zero-order chi connectivity index (χ0) is 14.0. The van der Waals surface area contributed by atoms with E-state index in [1.807, 2.05) is 6.92 Å². The van der Waals surface area contributed by atoms with E-state index in [1.54, 1.807) is 6.08 Å². The van der Waals surface area contributed by atoms with Gasteiger partial charge in [-0.25, -0.2) is 4.79 Å². The van der Waals surface area contributed by atoms with Crippen LogP contribution >= 0.6 is 12.2 Å². The molecule has 0 heterocycles. The van der Waals surface area contributed by atoms with Crippen LogP contribution in [-0.4, -0.2) is 36.6 Å². The van der Waals surface area contributed by atoms with E-state index in [0.717, 1.165) is 12.8 Å². The van der Waals surface area contributed by atoms with Gasteiger partial charge in [0.05, 0.1) is 18.1 Å². The average Bonchev–Trinajstić information content (AvgIpc) is 2.32. The number of hydrogen-bond acceptors (Lipinski definition) is 4. The highest BCUT2D eigenvalue weighted by Crippen LogP contribution is 1.98. The van der Waals surface area contributed by atoms with Gasteiger partial charge < -0.3 is 15.4 Å². The molecule has 1 atom stereocenters. The third-order valence-electron chi connectivity index (χ3n) is 2.12. The molecule has 2 N–H and O–H groups in total. The molecule has 0 aliphatic rings. The highest BCUT2D eigenvalue weighted by molar-refractivity contribution is 7.80. The summed E-state index contributed by atoms with van der Waals surface area (Å²) < 4.78 is 4.45. The fraction of sp³-hybridized carbons (Fsp3) is 0.583. The standard InChI is InChI=1S/C12H20N2O3S/c1-4-6-10(14-9(2)15)12(18)13-8-5-7-11(16)17-3/h5,7,10H,4,6,8H2,1-3H3,(H,13,18)(H,14,15)/b7-5+/t10-/m0/s1. The van der Waals surface area contributed by atoms with Crippen molar-refractivity contribution in [1.29, 1.82) is 0 Å². The Bertz CT molecular complexity index is 329.